The molecular weight excluding hydrogens is 350 g/mol. The van der Waals surface area contributed by atoms with Crippen molar-refractivity contribution in [1.29, 1.82) is 0 Å². The summed E-state index contributed by atoms with van der Waals surface area (Å²) in [5.41, 5.74) is -0.189. The van der Waals surface area contributed by atoms with Crippen molar-refractivity contribution in [1.82, 2.24) is 4.31 Å². The second kappa shape index (κ2) is 7.30. The second-order valence-electron chi connectivity index (χ2n) is 6.51. The molecule has 0 radical (unpaired) electrons. The summed E-state index contributed by atoms with van der Waals surface area (Å²) in [5.74, 6) is 0.447. The minimum atomic E-state index is -3.55. The zero-order chi connectivity index (χ0) is 17.2. The highest BCUT2D eigenvalue weighted by Gasteiger charge is 2.47. The van der Waals surface area contributed by atoms with Crippen LogP contribution in [0.1, 0.15) is 25.7 Å². The van der Waals surface area contributed by atoms with Crippen LogP contribution in [0.15, 0.2) is 29.2 Å². The molecule has 0 aliphatic carbocycles. The normalized spacial score (nSPS) is 24.5. The van der Waals surface area contributed by atoms with Gasteiger partial charge in [-0.05, 0) is 43.7 Å². The van der Waals surface area contributed by atoms with Crippen LogP contribution in [0, 0.1) is 5.92 Å². The molecule has 0 bridgehead atoms. The number of hydrogen-bond donors (Lipinski definition) is 0. The van der Waals surface area contributed by atoms with Gasteiger partial charge in [0.1, 0.15) is 4.90 Å². The summed E-state index contributed by atoms with van der Waals surface area (Å²) in [6.07, 6.45) is 3.45. The molecule has 0 N–H and O–H groups in total. The molecular formula is C17H24ClNO4S. The summed E-state index contributed by atoms with van der Waals surface area (Å²) in [4.78, 5) is 0.186. The molecule has 1 spiro atoms. The molecule has 5 nitrogen and oxygen atoms in total. The van der Waals surface area contributed by atoms with Crippen LogP contribution < -0.4 is 0 Å². The lowest BCUT2D eigenvalue weighted by molar-refractivity contribution is -0.0603. The Morgan fingerprint density at radius 2 is 2.04 bits per heavy atom. The van der Waals surface area contributed by atoms with Gasteiger partial charge < -0.3 is 9.47 Å². The Bertz CT molecular complexity index is 671. The minimum Gasteiger partial charge on any atom is -0.385 e. The summed E-state index contributed by atoms with van der Waals surface area (Å²) in [6.45, 7) is 2.41. The molecule has 1 aromatic carbocycles. The number of nitrogens with zero attached hydrogens (tertiary/aromatic N) is 1. The Balaban J connectivity index is 1.72. The maximum atomic E-state index is 12.8. The predicted octanol–water partition coefficient (Wildman–Crippen LogP) is 2.94. The van der Waals surface area contributed by atoms with Crippen LogP contribution >= 0.6 is 11.6 Å². The Morgan fingerprint density at radius 3 is 2.71 bits per heavy atom. The molecule has 24 heavy (non-hydrogen) atoms. The summed E-state index contributed by atoms with van der Waals surface area (Å²) in [7, 11) is -1.84. The Morgan fingerprint density at radius 1 is 1.33 bits per heavy atom. The molecule has 0 aromatic heterocycles. The topological polar surface area (TPSA) is 55.8 Å². The van der Waals surface area contributed by atoms with Crippen LogP contribution in [-0.2, 0) is 19.5 Å². The molecule has 134 valence electrons. The molecule has 1 atom stereocenters. The average Bonchev–Trinajstić information content (AvgIpc) is 2.95. The van der Waals surface area contributed by atoms with E-state index in [1.165, 1.54) is 4.31 Å². The van der Waals surface area contributed by atoms with E-state index in [9.17, 15) is 8.42 Å². The zero-order valence-electron chi connectivity index (χ0n) is 13.9. The van der Waals surface area contributed by atoms with Gasteiger partial charge in [0.15, 0.2) is 0 Å². The highest BCUT2D eigenvalue weighted by atomic mass is 35.5. The van der Waals surface area contributed by atoms with E-state index in [4.69, 9.17) is 21.1 Å². The standard InChI is InChI=1S/C17H24ClNO4S/c1-22-12-6-14-7-13-23-17(14)8-10-19(11-9-17)24(20,21)16-5-3-2-4-15(16)18/h2-5,14H,6-13H2,1H3/t14-/m0/s1. The maximum absolute atomic E-state index is 12.8. The Kier molecular flexibility index (Phi) is 5.52. The summed E-state index contributed by atoms with van der Waals surface area (Å²) in [6, 6.07) is 6.61. The third-order valence-corrected chi connectivity index (χ3v) is 7.69. The molecule has 2 heterocycles. The van der Waals surface area contributed by atoms with Gasteiger partial charge in [0, 0.05) is 33.4 Å². The van der Waals surface area contributed by atoms with Crippen molar-refractivity contribution >= 4 is 21.6 Å². The number of methoxy groups -OCH3 is 1. The van der Waals surface area contributed by atoms with E-state index in [2.05, 4.69) is 0 Å². The number of hydrogen-bond acceptors (Lipinski definition) is 4. The van der Waals surface area contributed by atoms with Crippen LogP contribution in [0.3, 0.4) is 0 Å². The molecule has 2 aliphatic heterocycles. The van der Waals surface area contributed by atoms with E-state index < -0.39 is 10.0 Å². The van der Waals surface area contributed by atoms with Crippen LogP contribution in [0.2, 0.25) is 5.02 Å². The molecule has 7 heteroatoms. The van der Waals surface area contributed by atoms with Gasteiger partial charge >= 0.3 is 0 Å². The van der Waals surface area contributed by atoms with Crippen molar-refractivity contribution in [3.63, 3.8) is 0 Å². The lowest BCUT2D eigenvalue weighted by Gasteiger charge is -2.41. The van der Waals surface area contributed by atoms with Gasteiger partial charge in [-0.15, -0.1) is 0 Å². The van der Waals surface area contributed by atoms with Gasteiger partial charge in [-0.1, -0.05) is 23.7 Å². The van der Waals surface area contributed by atoms with E-state index in [0.717, 1.165) is 38.9 Å². The largest absolute Gasteiger partial charge is 0.385 e. The SMILES string of the molecule is COCC[C@H]1CCOC12CCN(S(=O)(=O)c1ccccc1Cl)CC2. The second-order valence-corrected chi connectivity index (χ2v) is 8.83. The van der Waals surface area contributed by atoms with Crippen LogP contribution in [0.25, 0.3) is 0 Å². The van der Waals surface area contributed by atoms with E-state index in [0.29, 0.717) is 19.0 Å². The Hall–Kier alpha value is -0.660. The van der Waals surface area contributed by atoms with Crippen molar-refractivity contribution in [3.8, 4) is 0 Å². The zero-order valence-corrected chi connectivity index (χ0v) is 15.5. The first-order valence-corrected chi connectivity index (χ1v) is 10.2. The van der Waals surface area contributed by atoms with Crippen molar-refractivity contribution in [3.05, 3.63) is 29.3 Å². The van der Waals surface area contributed by atoms with Crippen molar-refractivity contribution < 1.29 is 17.9 Å². The van der Waals surface area contributed by atoms with E-state index in [-0.39, 0.29) is 15.5 Å². The number of ether oxygens (including phenoxy) is 2. The van der Waals surface area contributed by atoms with Crippen LogP contribution in [0.5, 0.6) is 0 Å². The van der Waals surface area contributed by atoms with E-state index >= 15 is 0 Å². The third-order valence-electron chi connectivity index (χ3n) is 5.29. The molecule has 1 aromatic rings. The van der Waals surface area contributed by atoms with Gasteiger partial charge in [-0.25, -0.2) is 8.42 Å². The van der Waals surface area contributed by atoms with Gasteiger partial charge in [-0.2, -0.15) is 4.31 Å². The van der Waals surface area contributed by atoms with Crippen molar-refractivity contribution in [2.45, 2.75) is 36.2 Å². The van der Waals surface area contributed by atoms with Crippen molar-refractivity contribution in [2.75, 3.05) is 33.4 Å². The fourth-order valence-corrected chi connectivity index (χ4v) is 5.84. The van der Waals surface area contributed by atoms with Gasteiger partial charge in [0.25, 0.3) is 0 Å². The Labute approximate surface area is 148 Å². The number of piperidine rings is 1. The summed E-state index contributed by atoms with van der Waals surface area (Å²) >= 11 is 6.08. The predicted molar refractivity (Wildman–Crippen MR) is 92.7 cm³/mol. The molecule has 2 aliphatic rings. The van der Waals surface area contributed by atoms with Crippen LogP contribution in [-0.4, -0.2) is 51.7 Å². The highest BCUT2D eigenvalue weighted by Crippen LogP contribution is 2.43. The number of sulfonamides is 1. The van der Waals surface area contributed by atoms with E-state index in [1.807, 2.05) is 0 Å². The fraction of sp³-hybridized carbons (Fsp3) is 0.647. The minimum absolute atomic E-state index is 0.186. The molecule has 2 saturated heterocycles. The number of halogens is 1. The monoisotopic (exact) mass is 373 g/mol. The molecule has 2 fully saturated rings. The third kappa shape index (κ3) is 3.35. The molecule has 0 amide bonds. The lowest BCUT2D eigenvalue weighted by atomic mass is 9.78. The molecule has 3 rings (SSSR count). The highest BCUT2D eigenvalue weighted by molar-refractivity contribution is 7.89. The van der Waals surface area contributed by atoms with Crippen LogP contribution in [0.4, 0.5) is 0 Å². The molecule has 0 saturated carbocycles. The maximum Gasteiger partial charge on any atom is 0.244 e. The smallest absolute Gasteiger partial charge is 0.244 e. The molecule has 0 unspecified atom stereocenters. The number of benzene rings is 1. The first-order chi connectivity index (χ1) is 11.5. The first kappa shape index (κ1) is 18.1. The van der Waals surface area contributed by atoms with Gasteiger partial charge in [-0.3, -0.25) is 0 Å². The lowest BCUT2D eigenvalue weighted by Crippen LogP contribution is -2.49. The first-order valence-electron chi connectivity index (χ1n) is 8.37. The van der Waals surface area contributed by atoms with Gasteiger partial charge in [0.2, 0.25) is 10.0 Å². The quantitative estimate of drug-likeness (QED) is 0.796. The van der Waals surface area contributed by atoms with Gasteiger partial charge in [0.05, 0.1) is 10.6 Å². The van der Waals surface area contributed by atoms with E-state index in [1.54, 1.807) is 31.4 Å². The summed E-state index contributed by atoms with van der Waals surface area (Å²) in [5, 5.41) is 0.271. The average molecular weight is 374 g/mol. The number of rotatable bonds is 5. The summed E-state index contributed by atoms with van der Waals surface area (Å²) < 4.78 is 38.5. The van der Waals surface area contributed by atoms with Crippen molar-refractivity contribution in [2.24, 2.45) is 5.92 Å². The fourth-order valence-electron chi connectivity index (χ4n) is 3.90.